The minimum atomic E-state index is -0.0856. The first-order chi connectivity index (χ1) is 12.9. The van der Waals surface area contributed by atoms with E-state index in [1.165, 1.54) is 16.9 Å². The minimum Gasteiger partial charge on any atom is -0.489 e. The Bertz CT molecular complexity index is 906. The van der Waals surface area contributed by atoms with Crippen molar-refractivity contribution in [2.75, 3.05) is 5.32 Å². The average Bonchev–Trinajstić information content (AvgIpc) is 3.08. The molecule has 0 radical (unpaired) electrons. The normalized spacial score (nSPS) is 10.9. The van der Waals surface area contributed by atoms with Crippen molar-refractivity contribution in [3.05, 3.63) is 81.0 Å². The van der Waals surface area contributed by atoms with Crippen molar-refractivity contribution in [1.82, 2.24) is 0 Å². The van der Waals surface area contributed by atoms with Gasteiger partial charge in [0.2, 0.25) is 0 Å². The molecule has 1 amide bonds. The van der Waals surface area contributed by atoms with Crippen LogP contribution in [0.1, 0.15) is 51.7 Å². The van der Waals surface area contributed by atoms with E-state index in [9.17, 15) is 4.79 Å². The molecule has 0 bridgehead atoms. The summed E-state index contributed by atoms with van der Waals surface area (Å²) in [5.41, 5.74) is 5.39. The summed E-state index contributed by atoms with van der Waals surface area (Å²) in [4.78, 5) is 13.2. The largest absolute Gasteiger partial charge is 0.489 e. The zero-order chi connectivity index (χ0) is 19.4. The molecule has 0 fully saturated rings. The highest BCUT2D eigenvalue weighted by atomic mass is 32.1. The van der Waals surface area contributed by atoms with E-state index in [0.717, 1.165) is 28.1 Å². The van der Waals surface area contributed by atoms with E-state index in [4.69, 9.17) is 4.74 Å². The summed E-state index contributed by atoms with van der Waals surface area (Å²) in [6.07, 6.45) is 0. The van der Waals surface area contributed by atoms with Crippen LogP contribution in [0.15, 0.2) is 53.9 Å². The number of carbonyl (C=O) groups is 1. The van der Waals surface area contributed by atoms with Crippen molar-refractivity contribution in [1.29, 1.82) is 0 Å². The first-order valence-electron chi connectivity index (χ1n) is 9.10. The molecule has 0 aliphatic heterocycles. The molecule has 1 N–H and O–H groups in total. The Labute approximate surface area is 165 Å². The van der Waals surface area contributed by atoms with Crippen molar-refractivity contribution in [2.24, 2.45) is 0 Å². The molecule has 0 atom stereocenters. The van der Waals surface area contributed by atoms with Gasteiger partial charge in [-0.2, -0.15) is 0 Å². The maximum atomic E-state index is 12.5. The van der Waals surface area contributed by atoms with Gasteiger partial charge in [-0.15, -0.1) is 11.3 Å². The molecule has 2 aromatic carbocycles. The van der Waals surface area contributed by atoms with E-state index < -0.39 is 0 Å². The number of carbonyl (C=O) groups excluding carboxylic acids is 1. The quantitative estimate of drug-likeness (QED) is 0.544. The lowest BCUT2D eigenvalue weighted by Gasteiger charge is -2.08. The van der Waals surface area contributed by atoms with Gasteiger partial charge < -0.3 is 10.1 Å². The first kappa shape index (κ1) is 19.2. The number of amides is 1. The maximum absolute atomic E-state index is 12.5. The molecule has 0 aliphatic carbocycles. The molecular formula is C23H25NO2S. The van der Waals surface area contributed by atoms with Crippen LogP contribution >= 0.6 is 11.3 Å². The topological polar surface area (TPSA) is 38.3 Å². The SMILES string of the molecule is Cc1cc(C)cc(NC(=O)c2cc(COc3ccc(C(C)C)cc3)cs2)c1. The van der Waals surface area contributed by atoms with Gasteiger partial charge in [0, 0.05) is 11.3 Å². The molecule has 0 unspecified atom stereocenters. The molecule has 140 valence electrons. The van der Waals surface area contributed by atoms with E-state index >= 15 is 0 Å². The maximum Gasteiger partial charge on any atom is 0.265 e. The zero-order valence-electron chi connectivity index (χ0n) is 16.2. The number of rotatable bonds is 6. The van der Waals surface area contributed by atoms with Gasteiger partial charge in [0.05, 0.1) is 4.88 Å². The van der Waals surface area contributed by atoms with Gasteiger partial charge in [0.25, 0.3) is 5.91 Å². The van der Waals surface area contributed by atoms with Crippen molar-refractivity contribution >= 4 is 22.9 Å². The number of benzene rings is 2. The van der Waals surface area contributed by atoms with Crippen LogP contribution in [0.2, 0.25) is 0 Å². The van der Waals surface area contributed by atoms with Crippen LogP contribution in [0, 0.1) is 13.8 Å². The van der Waals surface area contributed by atoms with Crippen LogP contribution in [0.3, 0.4) is 0 Å². The summed E-state index contributed by atoms with van der Waals surface area (Å²) in [5.74, 6) is 1.26. The Kier molecular flexibility index (Phi) is 5.97. The zero-order valence-corrected chi connectivity index (χ0v) is 17.0. The van der Waals surface area contributed by atoms with Crippen molar-refractivity contribution < 1.29 is 9.53 Å². The fourth-order valence-electron chi connectivity index (χ4n) is 2.93. The van der Waals surface area contributed by atoms with Gasteiger partial charge in [0.15, 0.2) is 0 Å². The van der Waals surface area contributed by atoms with E-state index in [1.54, 1.807) is 0 Å². The van der Waals surface area contributed by atoms with Gasteiger partial charge in [-0.25, -0.2) is 0 Å². The second kappa shape index (κ2) is 8.40. The molecule has 0 saturated carbocycles. The van der Waals surface area contributed by atoms with Crippen LogP contribution in [0.5, 0.6) is 5.75 Å². The fourth-order valence-corrected chi connectivity index (χ4v) is 3.72. The number of hydrogen-bond acceptors (Lipinski definition) is 3. The lowest BCUT2D eigenvalue weighted by Crippen LogP contribution is -2.10. The molecule has 1 heterocycles. The average molecular weight is 380 g/mol. The lowest BCUT2D eigenvalue weighted by molar-refractivity contribution is 0.103. The van der Waals surface area contributed by atoms with Crippen LogP contribution in [-0.2, 0) is 6.61 Å². The molecule has 3 nitrogen and oxygen atoms in total. The third kappa shape index (κ3) is 5.20. The molecule has 1 aromatic heterocycles. The molecule has 0 spiro atoms. The fraction of sp³-hybridized carbons (Fsp3) is 0.261. The van der Waals surface area contributed by atoms with Crippen LogP contribution in [0.25, 0.3) is 0 Å². The Balaban J connectivity index is 1.59. The minimum absolute atomic E-state index is 0.0856. The predicted octanol–water partition coefficient (Wildman–Crippen LogP) is 6.32. The third-order valence-corrected chi connectivity index (χ3v) is 5.29. The monoisotopic (exact) mass is 379 g/mol. The lowest BCUT2D eigenvalue weighted by atomic mass is 10.0. The summed E-state index contributed by atoms with van der Waals surface area (Å²) in [7, 11) is 0. The van der Waals surface area contributed by atoms with Crippen molar-refractivity contribution in [3.8, 4) is 5.75 Å². The highest BCUT2D eigenvalue weighted by Gasteiger charge is 2.10. The molecule has 0 saturated heterocycles. The molecular weight excluding hydrogens is 354 g/mol. The second-order valence-electron chi connectivity index (χ2n) is 7.16. The first-order valence-corrected chi connectivity index (χ1v) is 9.98. The molecule has 27 heavy (non-hydrogen) atoms. The van der Waals surface area contributed by atoms with Crippen LogP contribution < -0.4 is 10.1 Å². The van der Waals surface area contributed by atoms with Crippen LogP contribution in [0.4, 0.5) is 5.69 Å². The highest BCUT2D eigenvalue weighted by molar-refractivity contribution is 7.12. The molecule has 0 aliphatic rings. The summed E-state index contributed by atoms with van der Waals surface area (Å²) in [6, 6.07) is 16.1. The summed E-state index contributed by atoms with van der Waals surface area (Å²) < 4.78 is 5.84. The smallest absolute Gasteiger partial charge is 0.265 e. The van der Waals surface area contributed by atoms with Gasteiger partial charge in [-0.05, 0) is 72.2 Å². The predicted molar refractivity (Wildman–Crippen MR) is 113 cm³/mol. The number of hydrogen-bond donors (Lipinski definition) is 1. The van der Waals surface area contributed by atoms with Gasteiger partial charge in [-0.1, -0.05) is 32.0 Å². The van der Waals surface area contributed by atoms with Crippen LogP contribution in [-0.4, -0.2) is 5.91 Å². The van der Waals surface area contributed by atoms with E-state index in [2.05, 4.69) is 37.4 Å². The number of anilines is 1. The standard InChI is InChI=1S/C23H25NO2S/c1-15(2)19-5-7-21(8-6-19)26-13-18-12-22(27-14-18)23(25)24-20-10-16(3)9-17(4)11-20/h5-12,14-15H,13H2,1-4H3,(H,24,25). The number of thiophene rings is 1. The number of aryl methyl sites for hydroxylation is 2. The van der Waals surface area contributed by atoms with Crippen molar-refractivity contribution in [3.63, 3.8) is 0 Å². The van der Waals surface area contributed by atoms with Gasteiger partial charge >= 0.3 is 0 Å². The number of ether oxygens (including phenoxy) is 1. The van der Waals surface area contributed by atoms with E-state index in [0.29, 0.717) is 17.4 Å². The third-order valence-electron chi connectivity index (χ3n) is 4.31. The van der Waals surface area contributed by atoms with Crippen molar-refractivity contribution in [2.45, 2.75) is 40.2 Å². The summed E-state index contributed by atoms with van der Waals surface area (Å²) in [6.45, 7) is 8.85. The Morgan fingerprint density at radius 3 is 2.33 bits per heavy atom. The molecule has 3 aromatic rings. The summed E-state index contributed by atoms with van der Waals surface area (Å²) >= 11 is 1.43. The van der Waals surface area contributed by atoms with E-state index in [1.807, 2.05) is 49.6 Å². The second-order valence-corrected chi connectivity index (χ2v) is 8.07. The molecule has 3 rings (SSSR count). The molecule has 4 heteroatoms. The Hall–Kier alpha value is -2.59. The Morgan fingerprint density at radius 2 is 1.70 bits per heavy atom. The highest BCUT2D eigenvalue weighted by Crippen LogP contribution is 2.22. The summed E-state index contributed by atoms with van der Waals surface area (Å²) in [5, 5.41) is 4.95. The van der Waals surface area contributed by atoms with Gasteiger partial charge in [-0.3, -0.25) is 4.79 Å². The Morgan fingerprint density at radius 1 is 1.04 bits per heavy atom. The van der Waals surface area contributed by atoms with E-state index in [-0.39, 0.29) is 5.91 Å². The van der Waals surface area contributed by atoms with Gasteiger partial charge in [0.1, 0.15) is 12.4 Å². The number of nitrogens with one attached hydrogen (secondary N) is 1.